The molecule has 1 aliphatic carbocycles. The van der Waals surface area contributed by atoms with Gasteiger partial charge in [0, 0.05) is 31.2 Å². The van der Waals surface area contributed by atoms with Crippen molar-refractivity contribution in [3.05, 3.63) is 29.8 Å². The summed E-state index contributed by atoms with van der Waals surface area (Å²) in [6.07, 6.45) is 4.91. The summed E-state index contributed by atoms with van der Waals surface area (Å²) in [5.41, 5.74) is 2.00. The second kappa shape index (κ2) is 6.37. The molecule has 3 aliphatic rings. The molecule has 0 amide bonds. The molecular formula is C19H26N2O3. The van der Waals surface area contributed by atoms with Crippen LogP contribution in [0.2, 0.25) is 0 Å². The van der Waals surface area contributed by atoms with E-state index in [0.717, 1.165) is 38.5 Å². The molecule has 1 aromatic rings. The summed E-state index contributed by atoms with van der Waals surface area (Å²) < 4.78 is 10.5. The van der Waals surface area contributed by atoms with Crippen LogP contribution in [0.3, 0.4) is 0 Å². The second-order valence-corrected chi connectivity index (χ2v) is 7.06. The first-order valence-corrected chi connectivity index (χ1v) is 9.03. The molecule has 0 bridgehead atoms. The van der Waals surface area contributed by atoms with E-state index in [2.05, 4.69) is 15.9 Å². The minimum absolute atomic E-state index is 0.243. The lowest BCUT2D eigenvalue weighted by Crippen LogP contribution is -2.55. The first-order valence-electron chi connectivity index (χ1n) is 9.03. The Kier molecular flexibility index (Phi) is 4.22. The average Bonchev–Trinajstić information content (AvgIpc) is 3.31. The van der Waals surface area contributed by atoms with Crippen molar-refractivity contribution in [3.8, 4) is 0 Å². The summed E-state index contributed by atoms with van der Waals surface area (Å²) in [6.45, 7) is 4.76. The topological polar surface area (TPSA) is 42.0 Å². The van der Waals surface area contributed by atoms with Crippen LogP contribution in [0.4, 0.5) is 5.69 Å². The van der Waals surface area contributed by atoms with Crippen LogP contribution in [0.15, 0.2) is 24.3 Å². The largest absolute Gasteiger partial charge is 0.465 e. The third kappa shape index (κ3) is 2.60. The van der Waals surface area contributed by atoms with E-state index >= 15 is 0 Å². The van der Waals surface area contributed by atoms with Crippen molar-refractivity contribution in [1.82, 2.24) is 4.90 Å². The lowest BCUT2D eigenvalue weighted by Gasteiger charge is -2.42. The van der Waals surface area contributed by atoms with E-state index < -0.39 is 0 Å². The Balaban J connectivity index is 1.63. The Morgan fingerprint density at radius 3 is 2.67 bits per heavy atom. The summed E-state index contributed by atoms with van der Waals surface area (Å²) in [7, 11) is 1.46. The highest BCUT2D eigenvalue weighted by molar-refractivity contribution is 5.96. The molecule has 1 saturated carbocycles. The summed E-state index contributed by atoms with van der Waals surface area (Å²) in [5, 5.41) is 0. The van der Waals surface area contributed by atoms with Crippen molar-refractivity contribution in [2.75, 3.05) is 44.9 Å². The zero-order chi connectivity index (χ0) is 16.6. The number of rotatable bonds is 4. The van der Waals surface area contributed by atoms with Gasteiger partial charge in [-0.25, -0.2) is 4.79 Å². The van der Waals surface area contributed by atoms with Crippen LogP contribution >= 0.6 is 0 Å². The fourth-order valence-electron chi connectivity index (χ4n) is 4.62. The first kappa shape index (κ1) is 15.9. The maximum atomic E-state index is 12.2. The molecule has 2 heterocycles. The number of hydrogen-bond acceptors (Lipinski definition) is 5. The molecule has 1 aromatic carbocycles. The SMILES string of the molecule is COC(=O)c1ccccc1N1CCCC1C1(N2CCOCC2)CC1. The summed E-state index contributed by atoms with van der Waals surface area (Å²) >= 11 is 0. The third-order valence-electron chi connectivity index (χ3n) is 5.90. The number of anilines is 1. The van der Waals surface area contributed by atoms with Gasteiger partial charge in [-0.15, -0.1) is 0 Å². The maximum absolute atomic E-state index is 12.2. The van der Waals surface area contributed by atoms with Crippen molar-refractivity contribution in [3.63, 3.8) is 0 Å². The minimum atomic E-state index is -0.243. The third-order valence-corrected chi connectivity index (χ3v) is 5.90. The summed E-state index contributed by atoms with van der Waals surface area (Å²) in [4.78, 5) is 17.3. The van der Waals surface area contributed by atoms with Gasteiger partial charge in [0.25, 0.3) is 0 Å². The molecule has 3 fully saturated rings. The molecule has 0 aromatic heterocycles. The fourth-order valence-corrected chi connectivity index (χ4v) is 4.62. The zero-order valence-electron chi connectivity index (χ0n) is 14.4. The number of nitrogens with zero attached hydrogens (tertiary/aromatic N) is 2. The van der Waals surface area contributed by atoms with E-state index in [0.29, 0.717) is 11.6 Å². The van der Waals surface area contributed by atoms with Crippen molar-refractivity contribution < 1.29 is 14.3 Å². The van der Waals surface area contributed by atoms with Crippen LogP contribution in [-0.4, -0.2) is 62.4 Å². The lowest BCUT2D eigenvalue weighted by atomic mass is 9.99. The van der Waals surface area contributed by atoms with Gasteiger partial charge >= 0.3 is 5.97 Å². The van der Waals surface area contributed by atoms with Gasteiger partial charge in [0.05, 0.1) is 31.6 Å². The number of carbonyl (C=O) groups is 1. The van der Waals surface area contributed by atoms with Gasteiger partial charge in [0.2, 0.25) is 0 Å². The van der Waals surface area contributed by atoms with Crippen LogP contribution in [0.5, 0.6) is 0 Å². The summed E-state index contributed by atoms with van der Waals surface area (Å²) in [5.74, 6) is -0.243. The van der Waals surface area contributed by atoms with E-state index in [4.69, 9.17) is 9.47 Å². The Labute approximate surface area is 143 Å². The molecule has 2 saturated heterocycles. The normalized spacial score (nSPS) is 26.4. The number of esters is 1. The molecule has 0 N–H and O–H groups in total. The number of hydrogen-bond donors (Lipinski definition) is 0. The minimum Gasteiger partial charge on any atom is -0.465 e. The Morgan fingerprint density at radius 1 is 1.21 bits per heavy atom. The molecule has 130 valence electrons. The van der Waals surface area contributed by atoms with Crippen molar-refractivity contribution in [2.24, 2.45) is 0 Å². The van der Waals surface area contributed by atoms with Crippen LogP contribution in [0, 0.1) is 0 Å². The van der Waals surface area contributed by atoms with Crippen molar-refractivity contribution in [2.45, 2.75) is 37.3 Å². The van der Waals surface area contributed by atoms with Crippen molar-refractivity contribution >= 4 is 11.7 Å². The number of carbonyl (C=O) groups excluding carboxylic acids is 1. The van der Waals surface area contributed by atoms with Gasteiger partial charge in [-0.3, -0.25) is 4.90 Å². The molecule has 0 radical (unpaired) electrons. The Hall–Kier alpha value is -1.59. The standard InChI is InChI=1S/C19H26N2O3/c1-23-18(22)15-5-2-3-6-16(15)21-10-4-7-17(21)19(8-9-19)20-11-13-24-14-12-20/h2-3,5-6,17H,4,7-14H2,1H3. The smallest absolute Gasteiger partial charge is 0.339 e. The molecule has 5 heteroatoms. The van der Waals surface area contributed by atoms with E-state index in [1.807, 2.05) is 18.2 Å². The zero-order valence-corrected chi connectivity index (χ0v) is 14.4. The van der Waals surface area contributed by atoms with E-state index in [9.17, 15) is 4.79 Å². The van der Waals surface area contributed by atoms with Gasteiger partial charge in [0.1, 0.15) is 0 Å². The maximum Gasteiger partial charge on any atom is 0.339 e. The molecule has 1 unspecified atom stereocenters. The van der Waals surface area contributed by atoms with Gasteiger partial charge in [0.15, 0.2) is 0 Å². The predicted octanol–water partition coefficient (Wildman–Crippen LogP) is 2.31. The van der Waals surface area contributed by atoms with E-state index in [-0.39, 0.29) is 11.5 Å². The van der Waals surface area contributed by atoms with Gasteiger partial charge < -0.3 is 14.4 Å². The fraction of sp³-hybridized carbons (Fsp3) is 0.632. The molecule has 1 atom stereocenters. The average molecular weight is 330 g/mol. The van der Waals surface area contributed by atoms with Gasteiger partial charge in [-0.2, -0.15) is 0 Å². The Morgan fingerprint density at radius 2 is 1.96 bits per heavy atom. The molecule has 24 heavy (non-hydrogen) atoms. The van der Waals surface area contributed by atoms with Crippen LogP contribution < -0.4 is 4.90 Å². The highest BCUT2D eigenvalue weighted by Gasteiger charge is 2.56. The van der Waals surface area contributed by atoms with E-state index in [1.165, 1.54) is 32.8 Å². The van der Waals surface area contributed by atoms with Crippen LogP contribution in [-0.2, 0) is 9.47 Å². The highest BCUT2D eigenvalue weighted by atomic mass is 16.5. The van der Waals surface area contributed by atoms with Gasteiger partial charge in [-0.05, 0) is 37.8 Å². The quantitative estimate of drug-likeness (QED) is 0.793. The number of ether oxygens (including phenoxy) is 2. The molecular weight excluding hydrogens is 304 g/mol. The first-order chi connectivity index (χ1) is 11.8. The number of morpholine rings is 1. The van der Waals surface area contributed by atoms with Crippen molar-refractivity contribution in [1.29, 1.82) is 0 Å². The number of para-hydroxylation sites is 1. The predicted molar refractivity (Wildman–Crippen MR) is 92.5 cm³/mol. The second-order valence-electron chi connectivity index (χ2n) is 7.06. The van der Waals surface area contributed by atoms with Crippen LogP contribution in [0.25, 0.3) is 0 Å². The number of methoxy groups -OCH3 is 1. The lowest BCUT2D eigenvalue weighted by molar-refractivity contribution is 0.00334. The molecule has 0 spiro atoms. The Bertz CT molecular complexity index is 608. The van der Waals surface area contributed by atoms with Crippen LogP contribution in [0.1, 0.15) is 36.0 Å². The highest BCUT2D eigenvalue weighted by Crippen LogP contribution is 2.51. The summed E-state index contributed by atoms with van der Waals surface area (Å²) in [6, 6.07) is 8.37. The molecule has 2 aliphatic heterocycles. The molecule has 4 rings (SSSR count). The molecule has 5 nitrogen and oxygen atoms in total. The monoisotopic (exact) mass is 330 g/mol. The number of benzene rings is 1. The van der Waals surface area contributed by atoms with E-state index in [1.54, 1.807) is 0 Å². The van der Waals surface area contributed by atoms with Gasteiger partial charge in [-0.1, -0.05) is 12.1 Å².